The second-order valence-corrected chi connectivity index (χ2v) is 5.16. The molecule has 2 heterocycles. The zero-order valence-corrected chi connectivity index (χ0v) is 10.9. The van der Waals surface area contributed by atoms with Gasteiger partial charge in [-0.15, -0.1) is 11.3 Å². The maximum absolute atomic E-state index is 12.2. The molecule has 0 bridgehead atoms. The predicted octanol–water partition coefficient (Wildman–Crippen LogP) is 0.655. The van der Waals surface area contributed by atoms with Crippen molar-refractivity contribution in [3.05, 3.63) is 21.9 Å². The number of amides is 1. The zero-order valence-electron chi connectivity index (χ0n) is 10.1. The topological polar surface area (TPSA) is 66.6 Å². The Balaban J connectivity index is 2.06. The van der Waals surface area contributed by atoms with E-state index in [-0.39, 0.29) is 5.91 Å². The maximum Gasteiger partial charge on any atom is 0.254 e. The Morgan fingerprint density at radius 3 is 3.22 bits per heavy atom. The summed E-state index contributed by atoms with van der Waals surface area (Å²) in [6, 6.07) is 1.79. The zero-order chi connectivity index (χ0) is 13.0. The number of hydrogen-bond donors (Lipinski definition) is 2. The smallest absolute Gasteiger partial charge is 0.254 e. The lowest BCUT2D eigenvalue weighted by Crippen LogP contribution is -2.42. The third kappa shape index (κ3) is 3.10. The van der Waals surface area contributed by atoms with E-state index in [0.717, 1.165) is 24.3 Å². The molecule has 0 aliphatic carbocycles. The van der Waals surface area contributed by atoms with Gasteiger partial charge in [0, 0.05) is 18.5 Å². The minimum Gasteiger partial charge on any atom is -0.391 e. The van der Waals surface area contributed by atoms with E-state index in [1.165, 1.54) is 11.3 Å². The molecule has 1 unspecified atom stereocenters. The molecule has 1 aromatic heterocycles. The van der Waals surface area contributed by atoms with Gasteiger partial charge in [-0.3, -0.25) is 4.79 Å². The normalized spacial score (nSPS) is 19.2. The maximum atomic E-state index is 12.2. The summed E-state index contributed by atoms with van der Waals surface area (Å²) in [6.07, 6.45) is 1.25. The van der Waals surface area contributed by atoms with Gasteiger partial charge in [0.25, 0.3) is 5.91 Å². The second kappa shape index (κ2) is 6.01. The predicted molar refractivity (Wildman–Crippen MR) is 71.4 cm³/mol. The highest BCUT2D eigenvalue weighted by molar-refractivity contribution is 7.10. The highest BCUT2D eigenvalue weighted by atomic mass is 32.1. The van der Waals surface area contributed by atoms with Crippen molar-refractivity contribution in [2.45, 2.75) is 18.9 Å². The highest BCUT2D eigenvalue weighted by Crippen LogP contribution is 2.18. The minimum absolute atomic E-state index is 0.0224. The van der Waals surface area contributed by atoms with Crippen molar-refractivity contribution in [1.82, 2.24) is 4.90 Å². The van der Waals surface area contributed by atoms with Gasteiger partial charge in [0.15, 0.2) is 0 Å². The number of hydrogen-bond acceptors (Lipinski definition) is 4. The van der Waals surface area contributed by atoms with E-state index in [4.69, 9.17) is 5.73 Å². The van der Waals surface area contributed by atoms with Gasteiger partial charge in [0.1, 0.15) is 0 Å². The molecule has 4 nitrogen and oxygen atoms in total. The molecule has 1 fully saturated rings. The summed E-state index contributed by atoms with van der Waals surface area (Å²) < 4.78 is 0. The summed E-state index contributed by atoms with van der Waals surface area (Å²) in [6.45, 7) is 1.47. The molecule has 2 rings (SSSR count). The summed E-state index contributed by atoms with van der Waals surface area (Å²) in [5.74, 6) is 5.66. The quantitative estimate of drug-likeness (QED) is 0.732. The number of nitrogens with zero attached hydrogens (tertiary/aromatic N) is 1. The second-order valence-electron chi connectivity index (χ2n) is 4.25. The molecule has 5 heteroatoms. The van der Waals surface area contributed by atoms with Crippen LogP contribution < -0.4 is 5.73 Å². The fraction of sp³-hybridized carbons (Fsp3) is 0.462. The number of thiophene rings is 1. The Labute approximate surface area is 110 Å². The summed E-state index contributed by atoms with van der Waals surface area (Å²) >= 11 is 1.44. The van der Waals surface area contributed by atoms with Gasteiger partial charge in [-0.05, 0) is 18.9 Å². The van der Waals surface area contributed by atoms with Crippen LogP contribution in [0.5, 0.6) is 0 Å². The first-order chi connectivity index (χ1) is 8.70. The molecule has 0 saturated carbocycles. The lowest BCUT2D eigenvalue weighted by atomic mass is 10.1. The number of aliphatic hydroxyl groups is 1. The summed E-state index contributed by atoms with van der Waals surface area (Å²) in [5, 5.41) is 11.4. The number of β-amino-alcohol motifs (C(OH)–C–C–N with tert-alkyl or cyclic N) is 1. The Kier molecular flexibility index (Phi) is 4.37. The van der Waals surface area contributed by atoms with Gasteiger partial charge in [0.05, 0.1) is 23.1 Å². The van der Waals surface area contributed by atoms with Crippen LogP contribution in [-0.2, 0) is 0 Å². The molecule has 1 aliphatic heterocycles. The molecular formula is C13H16N2O2S. The molecule has 0 spiro atoms. The van der Waals surface area contributed by atoms with Crippen molar-refractivity contribution < 1.29 is 9.90 Å². The third-order valence-electron chi connectivity index (χ3n) is 2.84. The highest BCUT2D eigenvalue weighted by Gasteiger charge is 2.23. The van der Waals surface area contributed by atoms with Crippen molar-refractivity contribution in [1.29, 1.82) is 0 Å². The molecule has 96 valence electrons. The summed E-state index contributed by atoms with van der Waals surface area (Å²) in [5.41, 5.74) is 5.95. The van der Waals surface area contributed by atoms with E-state index in [0.29, 0.717) is 18.7 Å². The van der Waals surface area contributed by atoms with Crippen LogP contribution in [-0.4, -0.2) is 41.7 Å². The van der Waals surface area contributed by atoms with Crippen molar-refractivity contribution in [3.63, 3.8) is 0 Å². The third-order valence-corrected chi connectivity index (χ3v) is 3.69. The van der Waals surface area contributed by atoms with E-state index < -0.39 is 6.10 Å². The van der Waals surface area contributed by atoms with E-state index >= 15 is 0 Å². The van der Waals surface area contributed by atoms with E-state index in [9.17, 15) is 9.90 Å². The fourth-order valence-electron chi connectivity index (χ4n) is 1.97. The molecule has 1 aromatic rings. The van der Waals surface area contributed by atoms with Crippen LogP contribution in [0.15, 0.2) is 11.4 Å². The van der Waals surface area contributed by atoms with Gasteiger partial charge >= 0.3 is 0 Å². The number of rotatable bonds is 1. The molecule has 1 aliphatic rings. The Morgan fingerprint density at radius 1 is 1.67 bits per heavy atom. The molecule has 1 saturated heterocycles. The van der Waals surface area contributed by atoms with Gasteiger partial charge < -0.3 is 15.7 Å². The van der Waals surface area contributed by atoms with Crippen molar-refractivity contribution in [2.75, 3.05) is 19.6 Å². The van der Waals surface area contributed by atoms with Crippen LogP contribution in [0.4, 0.5) is 0 Å². The largest absolute Gasteiger partial charge is 0.391 e. The van der Waals surface area contributed by atoms with Crippen LogP contribution in [0.3, 0.4) is 0 Å². The number of carbonyl (C=O) groups is 1. The molecular weight excluding hydrogens is 248 g/mol. The van der Waals surface area contributed by atoms with Gasteiger partial charge in [-0.2, -0.15) is 0 Å². The first-order valence-corrected chi connectivity index (χ1v) is 6.83. The van der Waals surface area contributed by atoms with E-state index in [2.05, 4.69) is 11.8 Å². The fourth-order valence-corrected chi connectivity index (χ4v) is 2.72. The standard InChI is InChI=1S/C13H16N2O2S/c14-5-1-4-12-7-10(9-18-12)13(17)15-6-2-3-11(16)8-15/h7,9,11,16H,2-3,5-6,8,14H2. The summed E-state index contributed by atoms with van der Waals surface area (Å²) in [4.78, 5) is 14.7. The first-order valence-electron chi connectivity index (χ1n) is 5.95. The SMILES string of the molecule is NCC#Cc1cc(C(=O)N2CCCC(O)C2)cs1. The molecule has 18 heavy (non-hydrogen) atoms. The van der Waals surface area contributed by atoms with Crippen molar-refractivity contribution in [3.8, 4) is 11.8 Å². The van der Waals surface area contributed by atoms with Crippen LogP contribution in [0.1, 0.15) is 28.1 Å². The Hall–Kier alpha value is -1.35. The Morgan fingerprint density at radius 2 is 2.50 bits per heavy atom. The number of nitrogens with two attached hydrogens (primary N) is 1. The summed E-state index contributed by atoms with van der Waals surface area (Å²) in [7, 11) is 0. The number of piperidine rings is 1. The van der Waals surface area contributed by atoms with Crippen molar-refractivity contribution >= 4 is 17.2 Å². The average molecular weight is 264 g/mol. The first kappa shape index (κ1) is 13.1. The molecule has 0 aromatic carbocycles. The number of aliphatic hydroxyl groups excluding tert-OH is 1. The van der Waals surface area contributed by atoms with E-state index in [1.54, 1.807) is 11.0 Å². The lowest BCUT2D eigenvalue weighted by Gasteiger charge is -2.29. The number of likely N-dealkylation sites (tertiary alicyclic amines) is 1. The molecule has 3 N–H and O–H groups in total. The number of carbonyl (C=O) groups excluding carboxylic acids is 1. The van der Waals surface area contributed by atoms with Crippen LogP contribution in [0.2, 0.25) is 0 Å². The molecule has 1 amide bonds. The average Bonchev–Trinajstić information content (AvgIpc) is 2.84. The van der Waals surface area contributed by atoms with Crippen LogP contribution in [0.25, 0.3) is 0 Å². The molecule has 0 radical (unpaired) electrons. The molecule has 1 atom stereocenters. The van der Waals surface area contributed by atoms with Gasteiger partial charge in [-0.1, -0.05) is 11.8 Å². The Bertz CT molecular complexity index is 487. The van der Waals surface area contributed by atoms with E-state index in [1.807, 2.05) is 5.38 Å². The van der Waals surface area contributed by atoms with Gasteiger partial charge in [0.2, 0.25) is 0 Å². The van der Waals surface area contributed by atoms with Gasteiger partial charge in [-0.25, -0.2) is 0 Å². The van der Waals surface area contributed by atoms with Crippen LogP contribution >= 0.6 is 11.3 Å². The van der Waals surface area contributed by atoms with Crippen molar-refractivity contribution in [2.24, 2.45) is 5.73 Å². The minimum atomic E-state index is -0.391. The van der Waals surface area contributed by atoms with Crippen LogP contribution in [0, 0.1) is 11.8 Å². The monoisotopic (exact) mass is 264 g/mol. The lowest BCUT2D eigenvalue weighted by molar-refractivity contribution is 0.0474.